The number of aliphatic hydroxyl groups excluding tert-OH is 1. The van der Waals surface area contributed by atoms with Crippen molar-refractivity contribution in [2.24, 2.45) is 4.99 Å². The minimum atomic E-state index is -1.38. The Morgan fingerprint density at radius 1 is 1.00 bits per heavy atom. The summed E-state index contributed by atoms with van der Waals surface area (Å²) >= 11 is 9.54. The average molecular weight is 679 g/mol. The van der Waals surface area contributed by atoms with Crippen molar-refractivity contribution in [1.29, 1.82) is 0 Å². The molecule has 10 heteroatoms. The molecule has 8 nitrogen and oxygen atoms in total. The van der Waals surface area contributed by atoms with Gasteiger partial charge in [-0.25, -0.2) is 10.4 Å². The second-order valence-corrected chi connectivity index (χ2v) is 11.7. The minimum Gasteiger partial charge on any atom is -0.497 e. The molecule has 0 aliphatic carbocycles. The highest BCUT2D eigenvalue weighted by atomic mass is 79.9. The summed E-state index contributed by atoms with van der Waals surface area (Å²) in [4.78, 5) is 19.4. The van der Waals surface area contributed by atoms with Crippen molar-refractivity contribution in [2.75, 3.05) is 20.3 Å². The third-order valence-corrected chi connectivity index (χ3v) is 8.00. The highest BCUT2D eigenvalue weighted by Crippen LogP contribution is 2.43. The number of hydrazine groups is 1. The summed E-state index contributed by atoms with van der Waals surface area (Å²) in [5.41, 5.74) is 7.91. The van der Waals surface area contributed by atoms with E-state index in [1.807, 2.05) is 84.9 Å². The minimum absolute atomic E-state index is 0.0610. The second kappa shape index (κ2) is 14.7. The van der Waals surface area contributed by atoms with Crippen LogP contribution in [0, 0.1) is 0 Å². The number of methoxy groups -OCH3 is 1. The van der Waals surface area contributed by atoms with Crippen molar-refractivity contribution in [3.05, 3.63) is 129 Å². The lowest BCUT2D eigenvalue weighted by molar-refractivity contribution is -0.130. The highest BCUT2D eigenvalue weighted by molar-refractivity contribution is 9.10. The molecule has 2 atom stereocenters. The van der Waals surface area contributed by atoms with Gasteiger partial charge in [-0.1, -0.05) is 63.9 Å². The number of ether oxygens (including phenoxy) is 3. The van der Waals surface area contributed by atoms with Crippen LogP contribution in [0.4, 0.5) is 0 Å². The monoisotopic (exact) mass is 677 g/mol. The van der Waals surface area contributed by atoms with Gasteiger partial charge in [-0.3, -0.25) is 10.2 Å². The molecule has 0 spiro atoms. The van der Waals surface area contributed by atoms with Gasteiger partial charge in [-0.2, -0.15) is 0 Å². The normalized spacial score (nSPS) is 17.5. The molecule has 1 aliphatic heterocycles. The van der Waals surface area contributed by atoms with Crippen LogP contribution in [-0.4, -0.2) is 42.8 Å². The summed E-state index contributed by atoms with van der Waals surface area (Å²) in [6.07, 6.45) is 0.0382. The number of hydrogen-bond acceptors (Lipinski definition) is 7. The van der Waals surface area contributed by atoms with Crippen LogP contribution in [0.3, 0.4) is 0 Å². The summed E-state index contributed by atoms with van der Waals surface area (Å²) < 4.78 is 18.7. The summed E-state index contributed by atoms with van der Waals surface area (Å²) in [5, 5.41) is 9.70. The van der Waals surface area contributed by atoms with Gasteiger partial charge in [0.2, 0.25) is 5.90 Å². The van der Waals surface area contributed by atoms with Gasteiger partial charge in [0.25, 0.3) is 5.91 Å². The van der Waals surface area contributed by atoms with Crippen molar-refractivity contribution in [2.45, 2.75) is 31.0 Å². The Morgan fingerprint density at radius 3 is 2.43 bits per heavy atom. The van der Waals surface area contributed by atoms with Gasteiger partial charge >= 0.3 is 0 Å². The highest BCUT2D eigenvalue weighted by Gasteiger charge is 2.53. The lowest BCUT2D eigenvalue weighted by atomic mass is 9.82. The number of benzene rings is 4. The SMILES string of the molecule is COc1cccc([C@@H]2OC(c3ccc(OCCCO)cc3)=N[C@]2(Cc2ccc(Br)cc2)C(=O)NNCc2ccc(Cl)cc2)c1. The molecule has 0 aromatic heterocycles. The van der Waals surface area contributed by atoms with Gasteiger partial charge in [0.15, 0.2) is 11.6 Å². The van der Waals surface area contributed by atoms with Gasteiger partial charge in [0, 0.05) is 41.1 Å². The van der Waals surface area contributed by atoms with E-state index < -0.39 is 11.6 Å². The Bertz CT molecular complexity index is 1580. The van der Waals surface area contributed by atoms with E-state index in [1.165, 1.54) is 0 Å². The summed E-state index contributed by atoms with van der Waals surface area (Å²) in [7, 11) is 1.60. The lowest BCUT2D eigenvalue weighted by Gasteiger charge is -2.31. The summed E-state index contributed by atoms with van der Waals surface area (Å²) in [6, 6.07) is 30.0. The molecule has 4 aromatic carbocycles. The molecule has 5 rings (SSSR count). The van der Waals surface area contributed by atoms with Crippen molar-refractivity contribution >= 4 is 39.3 Å². The van der Waals surface area contributed by atoms with E-state index in [9.17, 15) is 4.79 Å². The van der Waals surface area contributed by atoms with Crippen LogP contribution in [0.2, 0.25) is 5.02 Å². The Labute approximate surface area is 270 Å². The van der Waals surface area contributed by atoms with E-state index in [4.69, 9.17) is 35.9 Å². The zero-order chi connectivity index (χ0) is 30.9. The maximum absolute atomic E-state index is 14.3. The van der Waals surface area contributed by atoms with Crippen molar-refractivity contribution in [3.8, 4) is 11.5 Å². The molecule has 228 valence electrons. The fraction of sp³-hybridized carbons (Fsp3) is 0.235. The Balaban J connectivity index is 1.52. The zero-order valence-corrected chi connectivity index (χ0v) is 26.5. The molecule has 0 fully saturated rings. The summed E-state index contributed by atoms with van der Waals surface area (Å²) in [6.45, 7) is 0.854. The molecule has 1 aliphatic rings. The standard InChI is InChI=1S/C34H33BrClN3O5/c1-42-30-5-2-4-26(20-30)31-34(21-23-6-12-27(35)13-7-23,33(41)39-37-22-24-8-14-28(36)15-9-24)38-32(44-31)25-10-16-29(17-11-25)43-19-3-18-40/h2,4-17,20,31,37,40H,3,18-19,21-22H2,1H3,(H,39,41)/t31-,34-/m0/s1. The van der Waals surface area contributed by atoms with Crippen LogP contribution >= 0.6 is 27.5 Å². The van der Waals surface area contributed by atoms with Gasteiger partial charge < -0.3 is 19.3 Å². The first-order valence-corrected chi connectivity index (χ1v) is 15.3. The van der Waals surface area contributed by atoms with E-state index in [2.05, 4.69) is 26.8 Å². The third kappa shape index (κ3) is 7.60. The van der Waals surface area contributed by atoms with Crippen LogP contribution in [0.1, 0.15) is 34.8 Å². The number of rotatable bonds is 13. The quantitative estimate of drug-likeness (QED) is 0.115. The number of carbonyl (C=O) groups is 1. The molecule has 44 heavy (non-hydrogen) atoms. The summed E-state index contributed by atoms with van der Waals surface area (Å²) in [5.74, 6) is 1.30. The van der Waals surface area contributed by atoms with Crippen molar-refractivity contribution in [3.63, 3.8) is 0 Å². The molecule has 0 radical (unpaired) electrons. The van der Waals surface area contributed by atoms with E-state index in [1.54, 1.807) is 19.2 Å². The van der Waals surface area contributed by atoms with Crippen LogP contribution in [-0.2, 0) is 22.5 Å². The number of aliphatic imine (C=N–C) groups is 1. The smallest absolute Gasteiger partial charge is 0.266 e. The molecular weight excluding hydrogens is 646 g/mol. The third-order valence-electron chi connectivity index (χ3n) is 7.22. The zero-order valence-electron chi connectivity index (χ0n) is 24.1. The van der Waals surface area contributed by atoms with Crippen LogP contribution in [0.25, 0.3) is 0 Å². The van der Waals surface area contributed by atoms with E-state index >= 15 is 0 Å². The predicted octanol–water partition coefficient (Wildman–Crippen LogP) is 6.19. The average Bonchev–Trinajstić information content (AvgIpc) is 3.44. The van der Waals surface area contributed by atoms with Gasteiger partial charge in [-0.15, -0.1) is 0 Å². The first-order valence-electron chi connectivity index (χ1n) is 14.2. The number of nitrogens with one attached hydrogen (secondary N) is 2. The molecular formula is C34H33BrClN3O5. The first kappa shape index (κ1) is 31.5. The van der Waals surface area contributed by atoms with Gasteiger partial charge in [0.1, 0.15) is 11.5 Å². The molecule has 0 saturated carbocycles. The number of amides is 1. The lowest BCUT2D eigenvalue weighted by Crippen LogP contribution is -2.53. The van der Waals surface area contributed by atoms with Crippen molar-refractivity contribution in [1.82, 2.24) is 10.9 Å². The fourth-order valence-electron chi connectivity index (χ4n) is 4.94. The molecule has 0 saturated heterocycles. The fourth-order valence-corrected chi connectivity index (χ4v) is 5.33. The van der Waals surface area contributed by atoms with E-state index in [0.29, 0.717) is 47.6 Å². The second-order valence-electron chi connectivity index (χ2n) is 10.3. The topological polar surface area (TPSA) is 101 Å². The van der Waals surface area contributed by atoms with Gasteiger partial charge in [-0.05, 0) is 77.4 Å². The van der Waals surface area contributed by atoms with Crippen LogP contribution in [0.15, 0.2) is 107 Å². The molecule has 0 unspecified atom stereocenters. The number of nitrogens with zero attached hydrogens (tertiary/aromatic N) is 1. The molecule has 3 N–H and O–H groups in total. The van der Waals surface area contributed by atoms with Crippen LogP contribution in [0.5, 0.6) is 11.5 Å². The molecule has 0 bridgehead atoms. The van der Waals surface area contributed by atoms with Gasteiger partial charge in [0.05, 0.1) is 13.7 Å². The predicted molar refractivity (Wildman–Crippen MR) is 174 cm³/mol. The molecule has 4 aromatic rings. The van der Waals surface area contributed by atoms with Crippen LogP contribution < -0.4 is 20.3 Å². The number of carbonyl (C=O) groups excluding carboxylic acids is 1. The first-order chi connectivity index (χ1) is 21.4. The number of halogens is 2. The maximum atomic E-state index is 14.3. The Kier molecular flexibility index (Phi) is 10.6. The number of aliphatic hydroxyl groups is 1. The number of hydrogen-bond donors (Lipinski definition) is 3. The Morgan fingerprint density at radius 2 is 1.73 bits per heavy atom. The largest absolute Gasteiger partial charge is 0.497 e. The van der Waals surface area contributed by atoms with Crippen molar-refractivity contribution < 1.29 is 24.1 Å². The molecule has 1 amide bonds. The van der Waals surface area contributed by atoms with E-state index in [0.717, 1.165) is 21.2 Å². The maximum Gasteiger partial charge on any atom is 0.266 e. The Hall–Kier alpha value is -3.89. The molecule has 1 heterocycles. The van der Waals surface area contributed by atoms with E-state index in [-0.39, 0.29) is 18.9 Å².